The van der Waals surface area contributed by atoms with Gasteiger partial charge in [0.15, 0.2) is 0 Å². The third-order valence-electron chi connectivity index (χ3n) is 4.42. The van der Waals surface area contributed by atoms with E-state index in [2.05, 4.69) is 0 Å². The number of rotatable bonds is 2. The molecule has 1 fully saturated rings. The van der Waals surface area contributed by atoms with E-state index in [1.54, 1.807) is 30.3 Å². The van der Waals surface area contributed by atoms with Crippen molar-refractivity contribution < 1.29 is 14.0 Å². The predicted molar refractivity (Wildman–Crippen MR) is 85.4 cm³/mol. The Morgan fingerprint density at radius 2 is 1.43 bits per heavy atom. The molecule has 0 aliphatic carbocycles. The smallest absolute Gasteiger partial charge is 0.266 e. The van der Waals surface area contributed by atoms with Crippen LogP contribution in [0.2, 0.25) is 0 Å². The molecule has 0 unspecified atom stereocenters. The molecule has 2 aliphatic rings. The van der Waals surface area contributed by atoms with Gasteiger partial charge in [-0.25, -0.2) is 9.29 Å². The van der Waals surface area contributed by atoms with Crippen LogP contribution < -0.4 is 9.80 Å². The Bertz CT molecular complexity index is 777. The zero-order valence-corrected chi connectivity index (χ0v) is 12.5. The van der Waals surface area contributed by atoms with Gasteiger partial charge in [0.05, 0.1) is 22.5 Å². The highest BCUT2D eigenvalue weighted by molar-refractivity contribution is 6.35. The molecule has 0 spiro atoms. The van der Waals surface area contributed by atoms with Gasteiger partial charge in [0.1, 0.15) is 5.82 Å². The summed E-state index contributed by atoms with van der Waals surface area (Å²) in [4.78, 5) is 28.3. The van der Waals surface area contributed by atoms with Crippen LogP contribution in [0.1, 0.15) is 33.6 Å². The molecule has 0 N–H and O–H groups in total. The summed E-state index contributed by atoms with van der Waals surface area (Å²) >= 11 is 0. The standard InChI is InChI=1S/C18H15FN2O2/c19-14-8-5-9-15(16(14)20-10-3-4-11-20)21-17(22)12-6-1-2-7-13(12)18(21)23/h1-2,5-9H,3-4,10-11H2. The molecule has 116 valence electrons. The van der Waals surface area contributed by atoms with Gasteiger partial charge in [-0.15, -0.1) is 0 Å². The number of carbonyl (C=O) groups is 2. The lowest BCUT2D eigenvalue weighted by Crippen LogP contribution is -2.32. The third kappa shape index (κ3) is 2.04. The fraction of sp³-hybridized carbons (Fsp3) is 0.222. The van der Waals surface area contributed by atoms with E-state index in [0.29, 0.717) is 22.5 Å². The molecular weight excluding hydrogens is 295 g/mol. The number of halogens is 1. The van der Waals surface area contributed by atoms with Crippen LogP contribution in [-0.4, -0.2) is 24.9 Å². The Hall–Kier alpha value is -2.69. The molecule has 2 aromatic carbocycles. The second-order valence-electron chi connectivity index (χ2n) is 5.79. The third-order valence-corrected chi connectivity index (χ3v) is 4.42. The first kappa shape index (κ1) is 13.9. The van der Waals surface area contributed by atoms with Gasteiger partial charge in [0.2, 0.25) is 0 Å². The van der Waals surface area contributed by atoms with Crippen molar-refractivity contribution in [3.05, 3.63) is 59.4 Å². The number of para-hydroxylation sites is 1. The Morgan fingerprint density at radius 3 is 2.04 bits per heavy atom. The van der Waals surface area contributed by atoms with Gasteiger partial charge in [-0.3, -0.25) is 9.59 Å². The molecule has 0 aromatic heterocycles. The normalized spacial score (nSPS) is 17.1. The number of imide groups is 1. The molecule has 0 bridgehead atoms. The molecule has 2 aliphatic heterocycles. The topological polar surface area (TPSA) is 40.6 Å². The fourth-order valence-electron chi connectivity index (χ4n) is 3.35. The van der Waals surface area contributed by atoms with Crippen LogP contribution in [0.3, 0.4) is 0 Å². The van der Waals surface area contributed by atoms with Crippen molar-refractivity contribution in [2.24, 2.45) is 0 Å². The van der Waals surface area contributed by atoms with E-state index < -0.39 is 17.6 Å². The lowest BCUT2D eigenvalue weighted by atomic mass is 10.1. The van der Waals surface area contributed by atoms with Gasteiger partial charge >= 0.3 is 0 Å². The number of hydrogen-bond acceptors (Lipinski definition) is 3. The van der Waals surface area contributed by atoms with Gasteiger partial charge in [-0.2, -0.15) is 0 Å². The molecular formula is C18H15FN2O2. The Labute approximate surface area is 133 Å². The van der Waals surface area contributed by atoms with Crippen molar-refractivity contribution in [1.82, 2.24) is 0 Å². The van der Waals surface area contributed by atoms with Crippen molar-refractivity contribution in [2.45, 2.75) is 12.8 Å². The fourth-order valence-corrected chi connectivity index (χ4v) is 3.35. The van der Waals surface area contributed by atoms with E-state index >= 15 is 0 Å². The van der Waals surface area contributed by atoms with E-state index in [9.17, 15) is 14.0 Å². The predicted octanol–water partition coefficient (Wildman–Crippen LogP) is 3.23. The quantitative estimate of drug-likeness (QED) is 0.800. The van der Waals surface area contributed by atoms with E-state index in [0.717, 1.165) is 30.8 Å². The largest absolute Gasteiger partial charge is 0.367 e. The molecule has 5 heteroatoms. The van der Waals surface area contributed by atoms with Crippen molar-refractivity contribution in [3.63, 3.8) is 0 Å². The van der Waals surface area contributed by atoms with Crippen molar-refractivity contribution in [1.29, 1.82) is 0 Å². The first-order valence-corrected chi connectivity index (χ1v) is 7.70. The summed E-state index contributed by atoms with van der Waals surface area (Å²) in [6, 6.07) is 11.2. The summed E-state index contributed by atoms with van der Waals surface area (Å²) in [7, 11) is 0. The van der Waals surface area contributed by atoms with Gasteiger partial charge in [0, 0.05) is 13.1 Å². The number of amides is 2. The van der Waals surface area contributed by atoms with Crippen LogP contribution in [0.5, 0.6) is 0 Å². The lowest BCUT2D eigenvalue weighted by molar-refractivity contribution is 0.0926. The van der Waals surface area contributed by atoms with E-state index in [1.807, 2.05) is 4.90 Å². The number of carbonyl (C=O) groups excluding carboxylic acids is 2. The van der Waals surface area contributed by atoms with Crippen LogP contribution in [0.4, 0.5) is 15.8 Å². The molecule has 2 amide bonds. The number of nitrogens with zero attached hydrogens (tertiary/aromatic N) is 2. The number of anilines is 2. The van der Waals surface area contributed by atoms with E-state index in [4.69, 9.17) is 0 Å². The van der Waals surface area contributed by atoms with Crippen molar-refractivity contribution >= 4 is 23.2 Å². The van der Waals surface area contributed by atoms with Gasteiger partial charge in [-0.1, -0.05) is 18.2 Å². The summed E-state index contributed by atoms with van der Waals surface area (Å²) in [5.74, 6) is -1.19. The summed E-state index contributed by atoms with van der Waals surface area (Å²) in [5.41, 5.74) is 1.42. The molecule has 4 rings (SSSR count). The highest BCUT2D eigenvalue weighted by Crippen LogP contribution is 2.38. The van der Waals surface area contributed by atoms with Gasteiger partial charge in [0.25, 0.3) is 11.8 Å². The zero-order valence-electron chi connectivity index (χ0n) is 12.5. The Morgan fingerprint density at radius 1 is 0.826 bits per heavy atom. The molecule has 2 heterocycles. The SMILES string of the molecule is O=C1c2ccccc2C(=O)N1c1cccc(F)c1N1CCCC1. The summed E-state index contributed by atoms with van der Waals surface area (Å²) < 4.78 is 14.4. The molecule has 2 aromatic rings. The van der Waals surface area contributed by atoms with Crippen LogP contribution in [0.25, 0.3) is 0 Å². The molecule has 4 nitrogen and oxygen atoms in total. The minimum Gasteiger partial charge on any atom is -0.367 e. The van der Waals surface area contributed by atoms with E-state index in [-0.39, 0.29) is 0 Å². The first-order chi connectivity index (χ1) is 11.2. The number of fused-ring (bicyclic) bond motifs is 1. The number of benzene rings is 2. The molecule has 0 saturated carbocycles. The average Bonchev–Trinajstić information content (AvgIpc) is 3.16. The molecule has 0 atom stereocenters. The van der Waals surface area contributed by atoms with E-state index in [1.165, 1.54) is 12.1 Å². The van der Waals surface area contributed by atoms with Crippen LogP contribution in [0, 0.1) is 5.82 Å². The maximum absolute atomic E-state index is 14.4. The molecule has 0 radical (unpaired) electrons. The second kappa shape index (κ2) is 5.19. The van der Waals surface area contributed by atoms with Crippen molar-refractivity contribution in [2.75, 3.05) is 22.9 Å². The first-order valence-electron chi connectivity index (χ1n) is 7.70. The average molecular weight is 310 g/mol. The second-order valence-corrected chi connectivity index (χ2v) is 5.79. The minimum atomic E-state index is -0.402. The number of hydrogen-bond donors (Lipinski definition) is 0. The zero-order chi connectivity index (χ0) is 16.0. The van der Waals surface area contributed by atoms with Gasteiger partial charge in [-0.05, 0) is 37.1 Å². The maximum atomic E-state index is 14.4. The summed E-state index contributed by atoms with van der Waals surface area (Å²) in [6.07, 6.45) is 1.96. The van der Waals surface area contributed by atoms with Gasteiger partial charge < -0.3 is 4.90 Å². The van der Waals surface area contributed by atoms with Crippen LogP contribution >= 0.6 is 0 Å². The minimum absolute atomic E-state index is 0.332. The molecule has 1 saturated heterocycles. The monoisotopic (exact) mass is 310 g/mol. The van der Waals surface area contributed by atoms with Crippen LogP contribution in [-0.2, 0) is 0 Å². The highest BCUT2D eigenvalue weighted by atomic mass is 19.1. The Kier molecular flexibility index (Phi) is 3.15. The van der Waals surface area contributed by atoms with Crippen LogP contribution in [0.15, 0.2) is 42.5 Å². The maximum Gasteiger partial charge on any atom is 0.266 e. The molecule has 23 heavy (non-hydrogen) atoms. The highest BCUT2D eigenvalue weighted by Gasteiger charge is 2.38. The Balaban J connectivity index is 1.85. The van der Waals surface area contributed by atoms with Crippen molar-refractivity contribution in [3.8, 4) is 0 Å². The summed E-state index contributed by atoms with van der Waals surface area (Å²) in [6.45, 7) is 1.47. The lowest BCUT2D eigenvalue weighted by Gasteiger charge is -2.25. The summed E-state index contributed by atoms with van der Waals surface area (Å²) in [5, 5.41) is 0.